The fourth-order valence-electron chi connectivity index (χ4n) is 3.48. The first-order valence-corrected chi connectivity index (χ1v) is 10.3. The lowest BCUT2D eigenvalue weighted by Gasteiger charge is -2.13. The number of allylic oxidation sites excluding steroid dienone is 1. The number of fused-ring (bicyclic) bond motifs is 1. The minimum Gasteiger partial charge on any atom is -0.493 e. The maximum absolute atomic E-state index is 12.8. The number of anilines is 1. The van der Waals surface area contributed by atoms with E-state index >= 15 is 0 Å². The highest BCUT2D eigenvalue weighted by atomic mass is 16.5. The van der Waals surface area contributed by atoms with Crippen LogP contribution < -0.4 is 19.5 Å². The Morgan fingerprint density at radius 3 is 2.27 bits per heavy atom. The van der Waals surface area contributed by atoms with Crippen molar-refractivity contribution >= 4 is 22.4 Å². The Hall–Kier alpha value is -4.26. The molecule has 0 spiro atoms. The Kier molecular flexibility index (Phi) is 6.31. The van der Waals surface area contributed by atoms with Gasteiger partial charge in [0.25, 0.3) is 0 Å². The smallest absolute Gasteiger partial charge is 0.203 e. The summed E-state index contributed by atoms with van der Waals surface area (Å²) in [5.41, 5.74) is 3.98. The van der Waals surface area contributed by atoms with Crippen LogP contribution in [0.15, 0.2) is 71.4 Å². The van der Waals surface area contributed by atoms with Crippen LogP contribution in [0.5, 0.6) is 17.2 Å². The zero-order valence-electron chi connectivity index (χ0n) is 18.8. The Bertz CT molecular complexity index is 1300. The summed E-state index contributed by atoms with van der Waals surface area (Å²) >= 11 is 0. The van der Waals surface area contributed by atoms with E-state index in [9.17, 15) is 4.79 Å². The van der Waals surface area contributed by atoms with Crippen molar-refractivity contribution in [3.8, 4) is 28.6 Å². The molecule has 0 aliphatic carbocycles. The Balaban J connectivity index is 1.56. The second-order valence-corrected chi connectivity index (χ2v) is 7.37. The molecule has 4 rings (SSSR count). The molecular weight excluding hydrogens is 420 g/mol. The van der Waals surface area contributed by atoms with Crippen molar-refractivity contribution in [1.82, 2.24) is 5.16 Å². The number of hydrogen-bond acceptors (Lipinski definition) is 7. The Morgan fingerprint density at radius 1 is 0.939 bits per heavy atom. The molecule has 0 amide bonds. The molecule has 0 saturated carbocycles. The first-order chi connectivity index (χ1) is 16.0. The first-order valence-electron chi connectivity index (χ1n) is 10.3. The van der Waals surface area contributed by atoms with E-state index in [1.54, 1.807) is 57.9 Å². The standard InChI is InChI=1S/C26H24N2O5/c1-16-5-7-17(8-6-16)25-20-13-18(9-10-21(20)28-33-25)22(29)11-12-27-19-14-23(30-2)26(32-4)24(15-19)31-3/h5-15,27H,1-4H3. The van der Waals surface area contributed by atoms with Gasteiger partial charge in [0, 0.05) is 41.2 Å². The van der Waals surface area contributed by atoms with Crippen LogP contribution in [0.1, 0.15) is 15.9 Å². The largest absolute Gasteiger partial charge is 0.493 e. The zero-order chi connectivity index (χ0) is 23.4. The highest BCUT2D eigenvalue weighted by molar-refractivity contribution is 6.07. The van der Waals surface area contributed by atoms with Crippen LogP contribution in [-0.2, 0) is 0 Å². The van der Waals surface area contributed by atoms with E-state index in [4.69, 9.17) is 18.7 Å². The first kappa shape index (κ1) is 22.0. The van der Waals surface area contributed by atoms with Crippen molar-refractivity contribution in [2.75, 3.05) is 26.6 Å². The summed E-state index contributed by atoms with van der Waals surface area (Å²) in [6.07, 6.45) is 3.03. The van der Waals surface area contributed by atoms with Gasteiger partial charge < -0.3 is 24.1 Å². The van der Waals surface area contributed by atoms with Crippen molar-refractivity contribution in [2.45, 2.75) is 6.92 Å². The maximum Gasteiger partial charge on any atom is 0.203 e. The van der Waals surface area contributed by atoms with Crippen LogP contribution in [0.4, 0.5) is 5.69 Å². The molecule has 0 bridgehead atoms. The predicted molar refractivity (Wildman–Crippen MR) is 127 cm³/mol. The average Bonchev–Trinajstić information content (AvgIpc) is 3.27. The number of nitrogens with zero attached hydrogens (tertiary/aromatic N) is 1. The molecule has 1 heterocycles. The second kappa shape index (κ2) is 9.48. The van der Waals surface area contributed by atoms with Crippen LogP contribution in [-0.4, -0.2) is 32.3 Å². The van der Waals surface area contributed by atoms with Crippen molar-refractivity contribution in [1.29, 1.82) is 0 Å². The Labute approximate surface area is 191 Å². The van der Waals surface area contributed by atoms with Gasteiger partial charge in [0.2, 0.25) is 5.75 Å². The number of aryl methyl sites for hydroxylation is 1. The summed E-state index contributed by atoms with van der Waals surface area (Å²) in [4.78, 5) is 12.8. The highest BCUT2D eigenvalue weighted by Gasteiger charge is 2.14. The minimum absolute atomic E-state index is 0.159. The number of benzene rings is 3. The molecule has 0 fully saturated rings. The van der Waals surface area contributed by atoms with E-state index in [2.05, 4.69) is 10.5 Å². The van der Waals surface area contributed by atoms with Gasteiger partial charge in [-0.05, 0) is 25.1 Å². The van der Waals surface area contributed by atoms with Gasteiger partial charge in [-0.2, -0.15) is 0 Å². The van der Waals surface area contributed by atoms with Crippen LogP contribution >= 0.6 is 0 Å². The monoisotopic (exact) mass is 444 g/mol. The second-order valence-electron chi connectivity index (χ2n) is 7.37. The van der Waals surface area contributed by atoms with Crippen molar-refractivity contribution in [2.24, 2.45) is 0 Å². The van der Waals surface area contributed by atoms with Gasteiger partial charge in [-0.3, -0.25) is 4.79 Å². The number of hydrogen-bond donors (Lipinski definition) is 1. The van der Waals surface area contributed by atoms with Gasteiger partial charge >= 0.3 is 0 Å². The van der Waals surface area contributed by atoms with E-state index in [1.807, 2.05) is 31.2 Å². The number of nitrogens with one attached hydrogen (secondary N) is 1. The summed E-state index contributed by atoms with van der Waals surface area (Å²) < 4.78 is 21.6. The van der Waals surface area contributed by atoms with Gasteiger partial charge in [0.1, 0.15) is 5.52 Å². The molecule has 7 heteroatoms. The summed E-state index contributed by atoms with van der Waals surface area (Å²) in [5, 5.41) is 7.98. The molecule has 0 atom stereocenters. The van der Waals surface area contributed by atoms with E-state index in [-0.39, 0.29) is 5.78 Å². The average molecular weight is 444 g/mol. The SMILES string of the molecule is COc1cc(NC=CC(=O)c2ccc3noc(-c4ccc(C)cc4)c3c2)cc(OC)c1OC. The fourth-order valence-corrected chi connectivity index (χ4v) is 3.48. The molecule has 3 aromatic carbocycles. The van der Waals surface area contributed by atoms with Gasteiger partial charge in [0.15, 0.2) is 23.0 Å². The Morgan fingerprint density at radius 2 is 1.64 bits per heavy atom. The quantitative estimate of drug-likeness (QED) is 0.278. The van der Waals surface area contributed by atoms with E-state index in [0.29, 0.717) is 39.8 Å². The number of aromatic nitrogens is 1. The summed E-state index contributed by atoms with van der Waals surface area (Å²) in [6.45, 7) is 2.03. The summed E-state index contributed by atoms with van der Waals surface area (Å²) in [5.74, 6) is 2.00. The molecule has 0 radical (unpaired) electrons. The van der Waals surface area contributed by atoms with E-state index < -0.39 is 0 Å². The lowest BCUT2D eigenvalue weighted by Crippen LogP contribution is -1.99. The molecule has 0 saturated heterocycles. The molecule has 4 aromatic rings. The highest BCUT2D eigenvalue weighted by Crippen LogP contribution is 2.40. The zero-order valence-corrected chi connectivity index (χ0v) is 18.8. The van der Waals surface area contributed by atoms with Crippen LogP contribution in [0.3, 0.4) is 0 Å². The van der Waals surface area contributed by atoms with Crippen LogP contribution in [0, 0.1) is 6.92 Å². The number of carbonyl (C=O) groups excluding carboxylic acids is 1. The van der Waals surface area contributed by atoms with E-state index in [1.165, 1.54) is 6.08 Å². The molecule has 7 nitrogen and oxygen atoms in total. The van der Waals surface area contributed by atoms with E-state index in [0.717, 1.165) is 16.5 Å². The molecule has 0 unspecified atom stereocenters. The van der Waals surface area contributed by atoms with Crippen LogP contribution in [0.25, 0.3) is 22.2 Å². The number of ether oxygens (including phenoxy) is 3. The summed E-state index contributed by atoms with van der Waals surface area (Å²) in [7, 11) is 4.64. The lowest BCUT2D eigenvalue weighted by atomic mass is 10.0. The molecule has 168 valence electrons. The van der Waals surface area contributed by atoms with Crippen molar-refractivity contribution < 1.29 is 23.5 Å². The maximum atomic E-state index is 12.8. The summed E-state index contributed by atoms with van der Waals surface area (Å²) in [6, 6.07) is 16.8. The predicted octanol–water partition coefficient (Wildman–Crippen LogP) is 5.64. The third-order valence-corrected chi connectivity index (χ3v) is 5.22. The van der Waals surface area contributed by atoms with Gasteiger partial charge in [-0.25, -0.2) is 0 Å². The number of carbonyl (C=O) groups is 1. The van der Waals surface area contributed by atoms with Crippen molar-refractivity contribution in [3.63, 3.8) is 0 Å². The molecular formula is C26H24N2O5. The molecule has 1 aromatic heterocycles. The van der Waals surface area contributed by atoms with Crippen molar-refractivity contribution in [3.05, 3.63) is 78.0 Å². The molecule has 1 N–H and O–H groups in total. The van der Waals surface area contributed by atoms with Crippen LogP contribution in [0.2, 0.25) is 0 Å². The number of rotatable bonds is 8. The molecule has 0 aliphatic rings. The number of ketones is 1. The normalized spacial score (nSPS) is 11.0. The lowest BCUT2D eigenvalue weighted by molar-refractivity contribution is 0.104. The topological polar surface area (TPSA) is 82.8 Å². The molecule has 33 heavy (non-hydrogen) atoms. The minimum atomic E-state index is -0.159. The fraction of sp³-hybridized carbons (Fsp3) is 0.154. The van der Waals surface area contributed by atoms with Gasteiger partial charge in [-0.1, -0.05) is 35.0 Å². The third kappa shape index (κ3) is 4.52. The van der Waals surface area contributed by atoms with Gasteiger partial charge in [0.05, 0.1) is 26.7 Å². The van der Waals surface area contributed by atoms with Gasteiger partial charge in [-0.15, -0.1) is 0 Å². The molecule has 0 aliphatic heterocycles. The number of methoxy groups -OCH3 is 3. The third-order valence-electron chi connectivity index (χ3n) is 5.22.